The Labute approximate surface area is 143 Å². The molecule has 2 aromatic rings. The van der Waals surface area contributed by atoms with Crippen molar-refractivity contribution in [1.29, 1.82) is 0 Å². The van der Waals surface area contributed by atoms with Crippen molar-refractivity contribution in [2.24, 2.45) is 0 Å². The molecule has 1 atom stereocenters. The zero-order valence-corrected chi connectivity index (χ0v) is 13.9. The molecular weight excluding hydrogens is 337 g/mol. The van der Waals surface area contributed by atoms with Crippen molar-refractivity contribution >= 4 is 17.6 Å². The first-order valence-electron chi connectivity index (χ1n) is 7.74. The van der Waals surface area contributed by atoms with E-state index in [1.807, 2.05) is 0 Å². The van der Waals surface area contributed by atoms with Crippen molar-refractivity contribution in [2.45, 2.75) is 31.8 Å². The molecule has 1 unspecified atom stereocenters. The maximum atomic E-state index is 14.2. The van der Waals surface area contributed by atoms with Gasteiger partial charge in [0, 0.05) is 13.0 Å². The van der Waals surface area contributed by atoms with Gasteiger partial charge in [-0.25, -0.2) is 9.18 Å². The van der Waals surface area contributed by atoms with Gasteiger partial charge in [-0.2, -0.15) is 0 Å². The molecule has 0 amide bonds. The van der Waals surface area contributed by atoms with Crippen LogP contribution in [0.25, 0.3) is 11.3 Å². The number of nitrogens with zero attached hydrogens (tertiary/aromatic N) is 1. The van der Waals surface area contributed by atoms with Crippen LogP contribution in [0.2, 0.25) is 5.02 Å². The Hall–Kier alpha value is -1.92. The number of hydrogen-bond donors (Lipinski definition) is 0. The van der Waals surface area contributed by atoms with Crippen LogP contribution in [-0.2, 0) is 15.9 Å². The van der Waals surface area contributed by atoms with Gasteiger partial charge < -0.3 is 14.0 Å². The lowest BCUT2D eigenvalue weighted by Gasteiger charge is -2.21. The van der Waals surface area contributed by atoms with Crippen molar-refractivity contribution in [3.8, 4) is 11.3 Å². The van der Waals surface area contributed by atoms with Crippen LogP contribution in [0.5, 0.6) is 0 Å². The van der Waals surface area contributed by atoms with Crippen LogP contribution in [0.15, 0.2) is 22.7 Å². The molecule has 1 fully saturated rings. The number of halogens is 2. The lowest BCUT2D eigenvalue weighted by molar-refractivity contribution is 0.0129. The van der Waals surface area contributed by atoms with Gasteiger partial charge in [0.2, 0.25) is 0 Å². The summed E-state index contributed by atoms with van der Waals surface area (Å²) in [6.07, 6.45) is 3.27. The highest BCUT2D eigenvalue weighted by atomic mass is 35.5. The Balaban J connectivity index is 2.02. The molecule has 3 rings (SSSR count). The summed E-state index contributed by atoms with van der Waals surface area (Å²) < 4.78 is 30.0. The van der Waals surface area contributed by atoms with Crippen LogP contribution in [0.4, 0.5) is 4.39 Å². The molecule has 1 saturated heterocycles. The van der Waals surface area contributed by atoms with E-state index < -0.39 is 11.8 Å². The monoisotopic (exact) mass is 353 g/mol. The van der Waals surface area contributed by atoms with Crippen LogP contribution in [0.3, 0.4) is 0 Å². The van der Waals surface area contributed by atoms with E-state index in [9.17, 15) is 9.18 Å². The highest BCUT2D eigenvalue weighted by Crippen LogP contribution is 2.34. The molecule has 7 heteroatoms. The van der Waals surface area contributed by atoms with E-state index in [1.54, 1.807) is 0 Å². The number of rotatable bonds is 4. The highest BCUT2D eigenvalue weighted by Gasteiger charge is 2.29. The second kappa shape index (κ2) is 7.32. The molecule has 5 nitrogen and oxygen atoms in total. The average Bonchev–Trinajstić information content (AvgIpc) is 2.98. The zero-order valence-electron chi connectivity index (χ0n) is 13.2. The van der Waals surface area contributed by atoms with E-state index in [4.69, 9.17) is 25.6 Å². The van der Waals surface area contributed by atoms with E-state index in [0.717, 1.165) is 19.3 Å². The summed E-state index contributed by atoms with van der Waals surface area (Å²) in [6, 6.07) is 4.26. The summed E-state index contributed by atoms with van der Waals surface area (Å²) in [5, 5.41) is 4.03. The highest BCUT2D eigenvalue weighted by molar-refractivity contribution is 6.33. The predicted octanol–water partition coefficient (Wildman–Crippen LogP) is 4.03. The molecule has 0 N–H and O–H groups in total. The van der Waals surface area contributed by atoms with Gasteiger partial charge in [0.25, 0.3) is 0 Å². The third kappa shape index (κ3) is 3.30. The second-order valence-corrected chi connectivity index (χ2v) is 6.02. The summed E-state index contributed by atoms with van der Waals surface area (Å²) >= 11 is 6.09. The minimum absolute atomic E-state index is 0.0270. The first-order chi connectivity index (χ1) is 11.6. The fraction of sp³-hybridized carbons (Fsp3) is 0.412. The van der Waals surface area contributed by atoms with Gasteiger partial charge in [-0.3, -0.25) is 0 Å². The second-order valence-electron chi connectivity index (χ2n) is 5.61. The molecule has 24 heavy (non-hydrogen) atoms. The molecule has 2 heterocycles. The number of methoxy groups -OCH3 is 1. The molecule has 0 saturated carbocycles. The quantitative estimate of drug-likeness (QED) is 0.776. The van der Waals surface area contributed by atoms with Crippen LogP contribution in [0.1, 0.15) is 35.4 Å². The fourth-order valence-electron chi connectivity index (χ4n) is 2.85. The van der Waals surface area contributed by atoms with Gasteiger partial charge in [-0.05, 0) is 31.4 Å². The van der Waals surface area contributed by atoms with E-state index in [0.29, 0.717) is 18.8 Å². The normalized spacial score (nSPS) is 17.7. The van der Waals surface area contributed by atoms with Crippen LogP contribution < -0.4 is 0 Å². The number of carbonyl (C=O) groups excluding carboxylic acids is 1. The van der Waals surface area contributed by atoms with E-state index in [-0.39, 0.29) is 27.9 Å². The number of aromatic nitrogens is 1. The summed E-state index contributed by atoms with van der Waals surface area (Å²) in [5.41, 5.74) is 0.175. The van der Waals surface area contributed by atoms with Crippen LogP contribution in [-0.4, -0.2) is 30.9 Å². The van der Waals surface area contributed by atoms with Gasteiger partial charge in [0.1, 0.15) is 17.1 Å². The molecule has 1 aliphatic heterocycles. The third-order valence-corrected chi connectivity index (χ3v) is 4.35. The Kier molecular flexibility index (Phi) is 5.16. The third-order valence-electron chi connectivity index (χ3n) is 4.04. The standard InChI is InChI=1S/C17H17ClFNO4/c1-22-17(21)15-13(9-10-5-2-3-8-23-10)24-20-16(15)14-11(18)6-4-7-12(14)19/h4,6-7,10H,2-3,5,8-9H2,1H3. The van der Waals surface area contributed by atoms with Crippen molar-refractivity contribution in [1.82, 2.24) is 5.16 Å². The topological polar surface area (TPSA) is 61.6 Å². The summed E-state index contributed by atoms with van der Waals surface area (Å²) in [6.45, 7) is 0.679. The van der Waals surface area contributed by atoms with Crippen molar-refractivity contribution in [3.63, 3.8) is 0 Å². The van der Waals surface area contributed by atoms with Crippen molar-refractivity contribution < 1.29 is 23.2 Å². The predicted molar refractivity (Wildman–Crippen MR) is 85.5 cm³/mol. The largest absolute Gasteiger partial charge is 0.465 e. The molecule has 1 aromatic heterocycles. The SMILES string of the molecule is COC(=O)c1c(-c2c(F)cccc2Cl)noc1CC1CCCCO1. The van der Waals surface area contributed by atoms with Crippen LogP contribution in [0, 0.1) is 5.82 Å². The number of ether oxygens (including phenoxy) is 2. The van der Waals surface area contributed by atoms with Gasteiger partial charge in [0.05, 0.1) is 23.8 Å². The number of esters is 1. The average molecular weight is 354 g/mol. The Morgan fingerprint density at radius 1 is 1.46 bits per heavy atom. The first kappa shape index (κ1) is 16.9. The lowest BCUT2D eigenvalue weighted by Crippen LogP contribution is -2.22. The van der Waals surface area contributed by atoms with Crippen LogP contribution >= 0.6 is 11.6 Å². The minimum Gasteiger partial charge on any atom is -0.465 e. The molecule has 0 bridgehead atoms. The van der Waals surface area contributed by atoms with Gasteiger partial charge in [0.15, 0.2) is 5.76 Å². The molecule has 128 valence electrons. The molecule has 0 radical (unpaired) electrons. The number of hydrogen-bond acceptors (Lipinski definition) is 5. The maximum Gasteiger partial charge on any atom is 0.343 e. The zero-order chi connectivity index (χ0) is 17.1. The maximum absolute atomic E-state index is 14.2. The minimum atomic E-state index is -0.642. The number of benzene rings is 1. The van der Waals surface area contributed by atoms with Crippen molar-refractivity contribution in [3.05, 3.63) is 40.4 Å². The summed E-state index contributed by atoms with van der Waals surface area (Å²) in [5.74, 6) is -0.902. The van der Waals surface area contributed by atoms with Gasteiger partial charge in [-0.1, -0.05) is 22.8 Å². The van der Waals surface area contributed by atoms with E-state index >= 15 is 0 Å². The Bertz CT molecular complexity index is 720. The molecule has 0 spiro atoms. The van der Waals surface area contributed by atoms with E-state index in [2.05, 4.69) is 5.16 Å². The Morgan fingerprint density at radius 3 is 2.96 bits per heavy atom. The Morgan fingerprint density at radius 2 is 2.29 bits per heavy atom. The molecule has 0 aliphatic carbocycles. The van der Waals surface area contributed by atoms with Gasteiger partial charge >= 0.3 is 5.97 Å². The molecule has 1 aliphatic rings. The summed E-state index contributed by atoms with van der Waals surface area (Å²) in [4.78, 5) is 12.2. The van der Waals surface area contributed by atoms with Crippen molar-refractivity contribution in [2.75, 3.05) is 13.7 Å². The van der Waals surface area contributed by atoms with Gasteiger partial charge in [-0.15, -0.1) is 0 Å². The fourth-order valence-corrected chi connectivity index (χ4v) is 3.10. The summed E-state index contributed by atoms with van der Waals surface area (Å²) in [7, 11) is 1.25. The molecular formula is C17H17ClFNO4. The smallest absolute Gasteiger partial charge is 0.343 e. The lowest BCUT2D eigenvalue weighted by atomic mass is 10.00. The van der Waals surface area contributed by atoms with E-state index in [1.165, 1.54) is 25.3 Å². The number of carbonyl (C=O) groups is 1. The molecule has 1 aromatic carbocycles. The first-order valence-corrected chi connectivity index (χ1v) is 8.12.